The number of ether oxygens (including phenoxy) is 1. The van der Waals surface area contributed by atoms with Crippen LogP contribution in [0.15, 0.2) is 48.5 Å². The molecule has 0 saturated carbocycles. The van der Waals surface area contributed by atoms with Gasteiger partial charge < -0.3 is 15.0 Å². The number of fused-ring (bicyclic) bond motifs is 1. The summed E-state index contributed by atoms with van der Waals surface area (Å²) in [5.41, 5.74) is -0.397. The number of halogens is 4. The van der Waals surface area contributed by atoms with Crippen LogP contribution in [0.5, 0.6) is 5.75 Å². The number of nitrogens with zero attached hydrogens (tertiary/aromatic N) is 2. The molecule has 4 rings (SSSR count). The number of hydrogen-bond acceptors (Lipinski definition) is 4. The molecule has 1 aliphatic rings. The molecule has 0 radical (unpaired) electrons. The normalized spacial score (nSPS) is 14.7. The quantitative estimate of drug-likeness (QED) is 0.468. The van der Waals surface area contributed by atoms with Crippen LogP contribution in [0.2, 0.25) is 5.02 Å². The van der Waals surface area contributed by atoms with Crippen LogP contribution in [0.25, 0.3) is 10.9 Å². The van der Waals surface area contributed by atoms with E-state index in [0.29, 0.717) is 11.3 Å². The Bertz CT molecular complexity index is 1150. The molecule has 3 aromatic rings. The van der Waals surface area contributed by atoms with Crippen molar-refractivity contribution in [3.05, 3.63) is 59.1 Å². The van der Waals surface area contributed by atoms with Crippen molar-refractivity contribution in [3.63, 3.8) is 0 Å². The summed E-state index contributed by atoms with van der Waals surface area (Å²) >= 11 is 5.95. The second-order valence-corrected chi connectivity index (χ2v) is 8.34. The van der Waals surface area contributed by atoms with Gasteiger partial charge in [-0.2, -0.15) is 13.2 Å². The van der Waals surface area contributed by atoms with E-state index < -0.39 is 24.3 Å². The minimum atomic E-state index is -4.54. The fourth-order valence-corrected chi connectivity index (χ4v) is 3.99. The lowest BCUT2D eigenvalue weighted by molar-refractivity contribution is -0.137. The highest BCUT2D eigenvalue weighted by atomic mass is 35.5. The maximum Gasteiger partial charge on any atom is 0.416 e. The van der Waals surface area contributed by atoms with E-state index in [4.69, 9.17) is 21.3 Å². The van der Waals surface area contributed by atoms with Crippen molar-refractivity contribution in [2.45, 2.75) is 31.9 Å². The number of alkyl halides is 3. The number of carbonyl (C=O) groups is 1. The predicted molar refractivity (Wildman–Crippen MR) is 123 cm³/mol. The van der Waals surface area contributed by atoms with Gasteiger partial charge in [-0.15, -0.1) is 0 Å². The molecular weight excluding hydrogens is 455 g/mol. The number of para-hydroxylation sites is 1. The van der Waals surface area contributed by atoms with E-state index in [0.717, 1.165) is 55.3 Å². The van der Waals surface area contributed by atoms with Gasteiger partial charge in [-0.3, -0.25) is 4.79 Å². The first-order valence-electron chi connectivity index (χ1n) is 10.8. The highest BCUT2D eigenvalue weighted by Gasteiger charge is 2.31. The number of rotatable bonds is 5. The summed E-state index contributed by atoms with van der Waals surface area (Å²) in [6.45, 7) is 1.49. The molecule has 5 nitrogen and oxygen atoms in total. The Kier molecular flexibility index (Phi) is 6.93. The summed E-state index contributed by atoms with van der Waals surface area (Å²) < 4.78 is 44.6. The molecule has 1 aromatic heterocycles. The summed E-state index contributed by atoms with van der Waals surface area (Å²) in [5, 5.41) is 3.26. The van der Waals surface area contributed by atoms with E-state index in [1.807, 2.05) is 18.2 Å². The van der Waals surface area contributed by atoms with E-state index in [-0.39, 0.29) is 10.7 Å². The Balaban J connectivity index is 1.49. The molecule has 0 unspecified atom stereocenters. The lowest BCUT2D eigenvalue weighted by Gasteiger charge is -2.22. The molecule has 174 valence electrons. The molecule has 2 aromatic carbocycles. The number of carbonyl (C=O) groups excluding carboxylic acids is 1. The maximum absolute atomic E-state index is 13.0. The Morgan fingerprint density at radius 2 is 1.82 bits per heavy atom. The Morgan fingerprint density at radius 3 is 2.55 bits per heavy atom. The fourth-order valence-electron chi connectivity index (χ4n) is 3.83. The lowest BCUT2D eigenvalue weighted by atomic mass is 10.2. The van der Waals surface area contributed by atoms with Crippen molar-refractivity contribution in [1.29, 1.82) is 0 Å². The Labute approximate surface area is 194 Å². The Morgan fingerprint density at radius 1 is 1.06 bits per heavy atom. The summed E-state index contributed by atoms with van der Waals surface area (Å²) in [4.78, 5) is 19.4. The van der Waals surface area contributed by atoms with Crippen LogP contribution in [0, 0.1) is 0 Å². The van der Waals surface area contributed by atoms with Gasteiger partial charge in [0, 0.05) is 18.5 Å². The summed E-state index contributed by atoms with van der Waals surface area (Å²) in [6, 6.07) is 12.1. The van der Waals surface area contributed by atoms with Gasteiger partial charge in [-0.1, -0.05) is 36.6 Å². The van der Waals surface area contributed by atoms with Crippen LogP contribution in [-0.2, 0) is 11.0 Å². The average Bonchev–Trinajstić information content (AvgIpc) is 3.07. The third-order valence-electron chi connectivity index (χ3n) is 5.53. The molecule has 0 atom stereocenters. The number of benzene rings is 2. The molecular formula is C24H23ClF3N3O2. The molecule has 9 heteroatoms. The maximum atomic E-state index is 13.0. The number of anilines is 2. The second-order valence-electron chi connectivity index (χ2n) is 7.93. The molecule has 33 heavy (non-hydrogen) atoms. The van der Waals surface area contributed by atoms with E-state index in [2.05, 4.69) is 10.2 Å². The standard InChI is InChI=1S/C24H23ClF3N3O2/c25-18-10-9-17(24(26,27)28)14-19(18)29-22(32)15-33-20-7-5-6-16-8-11-21(30-23(16)20)31-12-3-1-2-4-13-31/h5-11,14H,1-4,12-13,15H2,(H,29,32). The number of pyridine rings is 1. The van der Waals surface area contributed by atoms with E-state index in [1.165, 1.54) is 12.8 Å². The van der Waals surface area contributed by atoms with E-state index >= 15 is 0 Å². The minimum absolute atomic E-state index is 0.00488. The van der Waals surface area contributed by atoms with Gasteiger partial charge in [0.1, 0.15) is 17.1 Å². The van der Waals surface area contributed by atoms with Crippen LogP contribution in [0.3, 0.4) is 0 Å². The SMILES string of the molecule is O=C(COc1cccc2ccc(N3CCCCCC3)nc12)Nc1cc(C(F)(F)F)ccc1Cl. The van der Waals surface area contributed by atoms with Crippen molar-refractivity contribution in [2.75, 3.05) is 29.9 Å². The van der Waals surface area contributed by atoms with Crippen molar-refractivity contribution >= 4 is 39.9 Å². The second kappa shape index (κ2) is 9.87. The lowest BCUT2D eigenvalue weighted by Crippen LogP contribution is -2.24. The molecule has 0 spiro atoms. The van der Waals surface area contributed by atoms with Gasteiger partial charge in [0.2, 0.25) is 0 Å². The van der Waals surface area contributed by atoms with E-state index in [1.54, 1.807) is 12.1 Å². The molecule has 1 aliphatic heterocycles. The first-order valence-corrected chi connectivity index (χ1v) is 11.1. The van der Waals surface area contributed by atoms with Gasteiger partial charge in [-0.05, 0) is 49.2 Å². The van der Waals surface area contributed by atoms with Crippen molar-refractivity contribution < 1.29 is 22.7 Å². The van der Waals surface area contributed by atoms with Crippen molar-refractivity contribution in [2.24, 2.45) is 0 Å². The average molecular weight is 478 g/mol. The third-order valence-corrected chi connectivity index (χ3v) is 5.85. The van der Waals surface area contributed by atoms with Crippen LogP contribution in [-0.4, -0.2) is 30.6 Å². The molecule has 1 fully saturated rings. The zero-order valence-electron chi connectivity index (χ0n) is 17.8. The summed E-state index contributed by atoms with van der Waals surface area (Å²) in [6.07, 6.45) is 0.124. The zero-order valence-corrected chi connectivity index (χ0v) is 18.5. The van der Waals surface area contributed by atoms with Crippen LogP contribution < -0.4 is 15.0 Å². The predicted octanol–water partition coefficient (Wildman–Crippen LogP) is 6.30. The van der Waals surface area contributed by atoms with Crippen molar-refractivity contribution in [1.82, 2.24) is 4.98 Å². The molecule has 2 heterocycles. The van der Waals surface area contributed by atoms with Gasteiger partial charge in [0.05, 0.1) is 16.3 Å². The summed E-state index contributed by atoms with van der Waals surface area (Å²) in [5.74, 6) is 0.659. The van der Waals surface area contributed by atoms with Crippen LogP contribution in [0.4, 0.5) is 24.7 Å². The molecule has 1 N–H and O–H groups in total. The smallest absolute Gasteiger partial charge is 0.416 e. The zero-order chi connectivity index (χ0) is 23.4. The minimum Gasteiger partial charge on any atom is -0.481 e. The topological polar surface area (TPSA) is 54.5 Å². The van der Waals surface area contributed by atoms with Crippen LogP contribution >= 0.6 is 11.6 Å². The highest BCUT2D eigenvalue weighted by molar-refractivity contribution is 6.33. The Hall–Kier alpha value is -3.00. The molecule has 0 aliphatic carbocycles. The van der Waals surface area contributed by atoms with Gasteiger partial charge in [0.15, 0.2) is 6.61 Å². The molecule has 0 bridgehead atoms. The monoisotopic (exact) mass is 477 g/mol. The van der Waals surface area contributed by atoms with E-state index in [9.17, 15) is 18.0 Å². The first-order chi connectivity index (χ1) is 15.8. The molecule has 1 saturated heterocycles. The number of amides is 1. The van der Waals surface area contributed by atoms with Gasteiger partial charge in [0.25, 0.3) is 5.91 Å². The fraction of sp³-hybridized carbons (Fsp3) is 0.333. The van der Waals surface area contributed by atoms with Crippen LogP contribution in [0.1, 0.15) is 31.2 Å². The highest BCUT2D eigenvalue weighted by Crippen LogP contribution is 2.34. The van der Waals surface area contributed by atoms with Crippen molar-refractivity contribution in [3.8, 4) is 5.75 Å². The largest absolute Gasteiger partial charge is 0.481 e. The first kappa shape index (κ1) is 23.2. The van der Waals surface area contributed by atoms with Gasteiger partial charge in [-0.25, -0.2) is 4.98 Å². The number of aromatic nitrogens is 1. The number of hydrogen-bond donors (Lipinski definition) is 1. The number of nitrogens with one attached hydrogen (secondary N) is 1. The summed E-state index contributed by atoms with van der Waals surface area (Å²) in [7, 11) is 0. The van der Waals surface area contributed by atoms with Gasteiger partial charge >= 0.3 is 6.18 Å². The molecule has 1 amide bonds. The third kappa shape index (κ3) is 5.68.